The lowest BCUT2D eigenvalue weighted by Gasteiger charge is -1.99. The summed E-state index contributed by atoms with van der Waals surface area (Å²) in [6, 6.07) is 17.2. The van der Waals surface area contributed by atoms with E-state index < -0.39 is 0 Å². The second-order valence-electron chi connectivity index (χ2n) is 6.03. The Bertz CT molecular complexity index is 1260. The van der Waals surface area contributed by atoms with Gasteiger partial charge in [0.15, 0.2) is 0 Å². The summed E-state index contributed by atoms with van der Waals surface area (Å²) in [7, 11) is 1.65. The summed E-state index contributed by atoms with van der Waals surface area (Å²) in [4.78, 5) is 0.712. The van der Waals surface area contributed by atoms with Gasteiger partial charge in [0.25, 0.3) is 0 Å². The van der Waals surface area contributed by atoms with Crippen LogP contribution in [0, 0.1) is 0 Å². The fourth-order valence-corrected chi connectivity index (χ4v) is 3.81. The third-order valence-electron chi connectivity index (χ3n) is 4.29. The molecule has 138 valence electrons. The van der Waals surface area contributed by atoms with Crippen LogP contribution in [0.5, 0.6) is 5.75 Å². The molecule has 28 heavy (non-hydrogen) atoms. The van der Waals surface area contributed by atoms with Crippen molar-refractivity contribution in [3.05, 3.63) is 59.6 Å². The van der Waals surface area contributed by atoms with Gasteiger partial charge in [0, 0.05) is 16.1 Å². The van der Waals surface area contributed by atoms with E-state index in [0.29, 0.717) is 15.8 Å². The van der Waals surface area contributed by atoms with E-state index in [1.54, 1.807) is 11.6 Å². The van der Waals surface area contributed by atoms with E-state index >= 15 is 0 Å². The maximum Gasteiger partial charge on any atom is 0.235 e. The molecular formula is C19H13ClN6OS. The fourth-order valence-electron chi connectivity index (χ4n) is 2.84. The average Bonchev–Trinajstić information content (AvgIpc) is 3.44. The van der Waals surface area contributed by atoms with Gasteiger partial charge >= 0.3 is 0 Å². The average molecular weight is 409 g/mol. The predicted octanol–water partition coefficient (Wildman–Crippen LogP) is 4.57. The van der Waals surface area contributed by atoms with Crippen LogP contribution in [0.2, 0.25) is 5.02 Å². The number of nitrogens with one attached hydrogen (secondary N) is 1. The SMILES string of the molecule is COc1ccc(-c2nn3c(-c4cc(-c5ccc(Cl)cc5)n[nH]4)nnc3s2)cc1. The highest BCUT2D eigenvalue weighted by Crippen LogP contribution is 2.30. The van der Waals surface area contributed by atoms with Crippen molar-refractivity contribution in [2.45, 2.75) is 0 Å². The number of hydrogen-bond donors (Lipinski definition) is 1. The first-order chi connectivity index (χ1) is 13.7. The molecule has 3 aromatic heterocycles. The summed E-state index contributed by atoms with van der Waals surface area (Å²) < 4.78 is 6.93. The zero-order valence-electron chi connectivity index (χ0n) is 14.6. The molecular weight excluding hydrogens is 396 g/mol. The van der Waals surface area contributed by atoms with Crippen molar-refractivity contribution in [1.82, 2.24) is 30.0 Å². The molecule has 0 fully saturated rings. The fraction of sp³-hybridized carbons (Fsp3) is 0.0526. The summed E-state index contributed by atoms with van der Waals surface area (Å²) in [6.07, 6.45) is 0. The standard InChI is InChI=1S/C19H13ClN6OS/c1-27-14-8-4-12(5-9-14)18-25-26-17(23-24-19(26)28-18)16-10-15(21-22-16)11-2-6-13(20)7-3-11/h2-10H,1H3,(H,21,22). The van der Waals surface area contributed by atoms with Gasteiger partial charge in [0.2, 0.25) is 10.8 Å². The first kappa shape index (κ1) is 16.9. The molecule has 0 spiro atoms. The normalized spacial score (nSPS) is 11.2. The van der Waals surface area contributed by atoms with E-state index in [9.17, 15) is 0 Å². The lowest BCUT2D eigenvalue weighted by Crippen LogP contribution is -1.91. The molecule has 5 aromatic rings. The second-order valence-corrected chi connectivity index (χ2v) is 7.42. The molecule has 1 N–H and O–H groups in total. The number of aromatic nitrogens is 6. The number of nitrogens with zero attached hydrogens (tertiary/aromatic N) is 5. The van der Waals surface area contributed by atoms with Gasteiger partial charge in [-0.25, -0.2) is 0 Å². The molecule has 0 unspecified atom stereocenters. The van der Waals surface area contributed by atoms with Crippen LogP contribution >= 0.6 is 22.9 Å². The Kier molecular flexibility index (Phi) is 4.07. The third-order valence-corrected chi connectivity index (χ3v) is 5.49. The lowest BCUT2D eigenvalue weighted by atomic mass is 10.1. The molecule has 0 saturated carbocycles. The summed E-state index contributed by atoms with van der Waals surface area (Å²) in [6.45, 7) is 0. The van der Waals surface area contributed by atoms with Gasteiger partial charge in [-0.05, 0) is 42.5 Å². The molecule has 3 heterocycles. The van der Waals surface area contributed by atoms with Crippen molar-refractivity contribution in [2.75, 3.05) is 7.11 Å². The maximum atomic E-state index is 5.96. The van der Waals surface area contributed by atoms with E-state index in [0.717, 1.165) is 33.3 Å². The van der Waals surface area contributed by atoms with E-state index in [4.69, 9.17) is 16.3 Å². The highest BCUT2D eigenvalue weighted by atomic mass is 35.5. The second kappa shape index (κ2) is 6.74. The molecule has 0 atom stereocenters. The van der Waals surface area contributed by atoms with Crippen molar-refractivity contribution in [2.24, 2.45) is 0 Å². The van der Waals surface area contributed by atoms with Gasteiger partial charge in [-0.15, -0.1) is 10.2 Å². The minimum atomic E-state index is 0.610. The number of ether oxygens (including phenoxy) is 1. The minimum Gasteiger partial charge on any atom is -0.497 e. The summed E-state index contributed by atoms with van der Waals surface area (Å²) in [5, 5.41) is 22.1. The van der Waals surface area contributed by atoms with E-state index in [1.807, 2.05) is 54.6 Å². The Morgan fingerprint density at radius 1 is 1.00 bits per heavy atom. The molecule has 0 radical (unpaired) electrons. The lowest BCUT2D eigenvalue weighted by molar-refractivity contribution is 0.415. The molecule has 2 aromatic carbocycles. The quantitative estimate of drug-likeness (QED) is 0.471. The van der Waals surface area contributed by atoms with Crippen LogP contribution in [0.15, 0.2) is 54.6 Å². The third kappa shape index (κ3) is 2.92. The van der Waals surface area contributed by atoms with Gasteiger partial charge in [-0.3, -0.25) is 5.10 Å². The number of fused-ring (bicyclic) bond motifs is 1. The van der Waals surface area contributed by atoms with Gasteiger partial charge in [-0.1, -0.05) is 35.1 Å². The van der Waals surface area contributed by atoms with Crippen LogP contribution < -0.4 is 4.74 Å². The zero-order valence-corrected chi connectivity index (χ0v) is 16.2. The number of H-pyrrole nitrogens is 1. The minimum absolute atomic E-state index is 0.610. The van der Waals surface area contributed by atoms with Gasteiger partial charge in [-0.2, -0.15) is 14.7 Å². The van der Waals surface area contributed by atoms with Gasteiger partial charge in [0.05, 0.1) is 12.8 Å². The highest BCUT2D eigenvalue weighted by Gasteiger charge is 2.17. The van der Waals surface area contributed by atoms with Gasteiger partial charge < -0.3 is 4.74 Å². The molecule has 0 aliphatic heterocycles. The van der Waals surface area contributed by atoms with Crippen LogP contribution in [0.3, 0.4) is 0 Å². The topological polar surface area (TPSA) is 81.0 Å². The Hall–Kier alpha value is -3.23. The van der Waals surface area contributed by atoms with Crippen molar-refractivity contribution >= 4 is 27.9 Å². The molecule has 0 saturated heterocycles. The number of benzene rings is 2. The Morgan fingerprint density at radius 2 is 1.75 bits per heavy atom. The van der Waals surface area contributed by atoms with Crippen molar-refractivity contribution < 1.29 is 4.74 Å². The first-order valence-electron chi connectivity index (χ1n) is 8.39. The van der Waals surface area contributed by atoms with E-state index in [-0.39, 0.29) is 0 Å². The predicted molar refractivity (Wildman–Crippen MR) is 109 cm³/mol. The van der Waals surface area contributed by atoms with Crippen LogP contribution in [-0.4, -0.2) is 37.1 Å². The van der Waals surface area contributed by atoms with Crippen LogP contribution in [0.1, 0.15) is 0 Å². The Morgan fingerprint density at radius 3 is 2.50 bits per heavy atom. The molecule has 0 aliphatic rings. The largest absolute Gasteiger partial charge is 0.497 e. The number of aromatic amines is 1. The van der Waals surface area contributed by atoms with E-state index in [1.165, 1.54) is 11.3 Å². The number of methoxy groups -OCH3 is 1. The summed E-state index contributed by atoms with van der Waals surface area (Å²) >= 11 is 7.43. The van der Waals surface area contributed by atoms with Crippen LogP contribution in [0.4, 0.5) is 0 Å². The number of halogens is 1. The van der Waals surface area contributed by atoms with Crippen LogP contribution in [-0.2, 0) is 0 Å². The highest BCUT2D eigenvalue weighted by molar-refractivity contribution is 7.19. The number of rotatable bonds is 4. The summed E-state index contributed by atoms with van der Waals surface area (Å²) in [5.41, 5.74) is 3.50. The van der Waals surface area contributed by atoms with Crippen molar-refractivity contribution in [3.8, 4) is 39.1 Å². The molecule has 0 aliphatic carbocycles. The molecule has 9 heteroatoms. The Balaban J connectivity index is 1.51. The smallest absolute Gasteiger partial charge is 0.235 e. The molecule has 0 bridgehead atoms. The van der Waals surface area contributed by atoms with E-state index in [2.05, 4.69) is 25.5 Å². The Labute approximate surface area is 168 Å². The summed E-state index contributed by atoms with van der Waals surface area (Å²) in [5.74, 6) is 1.42. The van der Waals surface area contributed by atoms with Crippen LogP contribution in [0.25, 0.3) is 38.3 Å². The van der Waals surface area contributed by atoms with Crippen molar-refractivity contribution in [3.63, 3.8) is 0 Å². The molecule has 0 amide bonds. The molecule has 5 rings (SSSR count). The molecule has 7 nitrogen and oxygen atoms in total. The van der Waals surface area contributed by atoms with Gasteiger partial charge in [0.1, 0.15) is 16.5 Å². The van der Waals surface area contributed by atoms with Crippen molar-refractivity contribution in [1.29, 1.82) is 0 Å². The monoisotopic (exact) mass is 408 g/mol. The number of hydrogen-bond acceptors (Lipinski definition) is 6. The zero-order chi connectivity index (χ0) is 19.1. The maximum absolute atomic E-state index is 5.96. The first-order valence-corrected chi connectivity index (χ1v) is 9.59.